The van der Waals surface area contributed by atoms with Crippen molar-refractivity contribution in [2.75, 3.05) is 18.0 Å². The molecule has 16 heavy (non-hydrogen) atoms. The second-order valence-corrected chi connectivity index (χ2v) is 3.96. The molecular formula is C9H12N6O. The Bertz CT molecular complexity index is 497. The van der Waals surface area contributed by atoms with Gasteiger partial charge in [0.2, 0.25) is 0 Å². The van der Waals surface area contributed by atoms with Gasteiger partial charge in [-0.05, 0) is 23.3 Å². The van der Waals surface area contributed by atoms with Gasteiger partial charge in [0, 0.05) is 13.1 Å². The van der Waals surface area contributed by atoms with Gasteiger partial charge in [0.15, 0.2) is 11.5 Å². The van der Waals surface area contributed by atoms with Gasteiger partial charge >= 0.3 is 0 Å². The summed E-state index contributed by atoms with van der Waals surface area (Å²) < 4.78 is 1.64. The van der Waals surface area contributed by atoms with Crippen molar-refractivity contribution in [2.24, 2.45) is 0 Å². The SMILES string of the molecule is O[C@H]1CCCN(c2cncc3nnnn23)C1. The first kappa shape index (κ1) is 9.46. The van der Waals surface area contributed by atoms with E-state index in [1.807, 2.05) is 0 Å². The van der Waals surface area contributed by atoms with Crippen LogP contribution < -0.4 is 4.90 Å². The summed E-state index contributed by atoms with van der Waals surface area (Å²) in [6.45, 7) is 1.51. The number of hydrogen-bond acceptors (Lipinski definition) is 6. The molecule has 0 spiro atoms. The smallest absolute Gasteiger partial charge is 0.199 e. The highest BCUT2D eigenvalue weighted by Crippen LogP contribution is 2.18. The number of hydrogen-bond donors (Lipinski definition) is 1. The predicted octanol–water partition coefficient (Wildman–Crippen LogP) is -0.520. The van der Waals surface area contributed by atoms with Crippen molar-refractivity contribution in [2.45, 2.75) is 18.9 Å². The summed E-state index contributed by atoms with van der Waals surface area (Å²) >= 11 is 0. The van der Waals surface area contributed by atoms with E-state index in [4.69, 9.17) is 0 Å². The van der Waals surface area contributed by atoms with Crippen LogP contribution in [-0.4, -0.2) is 49.3 Å². The molecule has 2 aromatic rings. The number of aliphatic hydroxyl groups excluding tert-OH is 1. The van der Waals surface area contributed by atoms with E-state index in [9.17, 15) is 5.11 Å². The second kappa shape index (κ2) is 3.67. The Morgan fingerprint density at radius 1 is 1.38 bits per heavy atom. The molecule has 1 fully saturated rings. The van der Waals surface area contributed by atoms with Gasteiger partial charge in [0.25, 0.3) is 0 Å². The van der Waals surface area contributed by atoms with Crippen molar-refractivity contribution in [3.8, 4) is 0 Å². The quantitative estimate of drug-likeness (QED) is 0.696. The highest BCUT2D eigenvalue weighted by Gasteiger charge is 2.20. The summed E-state index contributed by atoms with van der Waals surface area (Å²) in [5.74, 6) is 0.834. The Morgan fingerprint density at radius 3 is 3.19 bits per heavy atom. The van der Waals surface area contributed by atoms with Crippen LogP contribution in [0.5, 0.6) is 0 Å². The Labute approximate surface area is 91.7 Å². The molecule has 3 rings (SSSR count). The molecule has 0 amide bonds. The molecule has 0 bridgehead atoms. The van der Waals surface area contributed by atoms with Crippen molar-refractivity contribution in [3.05, 3.63) is 12.4 Å². The van der Waals surface area contributed by atoms with E-state index in [-0.39, 0.29) is 6.10 Å². The summed E-state index contributed by atoms with van der Waals surface area (Å²) in [5, 5.41) is 21.0. The van der Waals surface area contributed by atoms with Gasteiger partial charge in [0.05, 0.1) is 18.5 Å². The number of fused-ring (bicyclic) bond motifs is 1. The van der Waals surface area contributed by atoms with Gasteiger partial charge < -0.3 is 10.0 Å². The molecule has 0 aromatic carbocycles. The van der Waals surface area contributed by atoms with Crippen molar-refractivity contribution < 1.29 is 5.11 Å². The Kier molecular flexibility index (Phi) is 2.17. The largest absolute Gasteiger partial charge is 0.391 e. The maximum Gasteiger partial charge on any atom is 0.199 e. The van der Waals surface area contributed by atoms with Crippen LogP contribution in [-0.2, 0) is 0 Å². The predicted molar refractivity (Wildman–Crippen MR) is 56.0 cm³/mol. The fourth-order valence-corrected chi connectivity index (χ4v) is 2.04. The zero-order valence-corrected chi connectivity index (χ0v) is 8.69. The third-order valence-corrected chi connectivity index (χ3v) is 2.81. The Hall–Kier alpha value is -1.76. The number of anilines is 1. The van der Waals surface area contributed by atoms with Crippen molar-refractivity contribution >= 4 is 11.5 Å². The average molecular weight is 220 g/mol. The normalized spacial score (nSPS) is 21.6. The van der Waals surface area contributed by atoms with Crippen LogP contribution >= 0.6 is 0 Å². The molecule has 84 valence electrons. The first-order chi connectivity index (χ1) is 7.84. The molecule has 1 N–H and O–H groups in total. The molecule has 7 nitrogen and oxygen atoms in total. The third-order valence-electron chi connectivity index (χ3n) is 2.81. The molecule has 3 heterocycles. The van der Waals surface area contributed by atoms with Crippen LogP contribution in [0.4, 0.5) is 5.82 Å². The first-order valence-electron chi connectivity index (χ1n) is 5.30. The highest BCUT2D eigenvalue weighted by atomic mass is 16.3. The van der Waals surface area contributed by atoms with Gasteiger partial charge in [-0.15, -0.1) is 5.10 Å². The van der Waals surface area contributed by atoms with Gasteiger partial charge in [-0.2, -0.15) is 4.52 Å². The Morgan fingerprint density at radius 2 is 2.31 bits per heavy atom. The maximum absolute atomic E-state index is 9.64. The first-order valence-corrected chi connectivity index (χ1v) is 5.30. The monoisotopic (exact) mass is 220 g/mol. The summed E-state index contributed by atoms with van der Waals surface area (Å²) in [6.07, 6.45) is 4.89. The van der Waals surface area contributed by atoms with Crippen molar-refractivity contribution in [3.63, 3.8) is 0 Å². The molecule has 1 saturated heterocycles. The lowest BCUT2D eigenvalue weighted by molar-refractivity contribution is 0.153. The summed E-state index contributed by atoms with van der Waals surface area (Å²) in [7, 11) is 0. The van der Waals surface area contributed by atoms with E-state index in [1.54, 1.807) is 16.9 Å². The van der Waals surface area contributed by atoms with Crippen LogP contribution in [0.25, 0.3) is 5.65 Å². The maximum atomic E-state index is 9.64. The fraction of sp³-hybridized carbons (Fsp3) is 0.556. The minimum absolute atomic E-state index is 0.277. The van der Waals surface area contributed by atoms with E-state index in [0.717, 1.165) is 25.2 Å². The van der Waals surface area contributed by atoms with Gasteiger partial charge in [-0.25, -0.2) is 0 Å². The number of rotatable bonds is 1. The number of β-amino-alcohol motifs (C(OH)–C–C–N with tert-alkyl or cyclic N) is 1. The lowest BCUT2D eigenvalue weighted by atomic mass is 10.1. The molecule has 0 radical (unpaired) electrons. The topological polar surface area (TPSA) is 79.4 Å². The molecule has 2 aromatic heterocycles. The highest BCUT2D eigenvalue weighted by molar-refractivity contribution is 5.46. The fourth-order valence-electron chi connectivity index (χ4n) is 2.04. The summed E-state index contributed by atoms with van der Waals surface area (Å²) in [5.41, 5.74) is 0.623. The zero-order chi connectivity index (χ0) is 11.0. The molecule has 1 aliphatic rings. The average Bonchev–Trinajstić information content (AvgIpc) is 2.76. The van der Waals surface area contributed by atoms with E-state index in [0.29, 0.717) is 12.2 Å². The molecular weight excluding hydrogens is 208 g/mol. The molecule has 1 atom stereocenters. The van der Waals surface area contributed by atoms with E-state index in [2.05, 4.69) is 25.4 Å². The van der Waals surface area contributed by atoms with Crippen LogP contribution in [0.3, 0.4) is 0 Å². The lowest BCUT2D eigenvalue weighted by Gasteiger charge is -2.31. The van der Waals surface area contributed by atoms with Gasteiger partial charge in [-0.1, -0.05) is 0 Å². The molecule has 0 saturated carbocycles. The zero-order valence-electron chi connectivity index (χ0n) is 8.69. The Balaban J connectivity index is 2.01. The van der Waals surface area contributed by atoms with E-state index >= 15 is 0 Å². The van der Waals surface area contributed by atoms with Crippen LogP contribution in [0.15, 0.2) is 12.4 Å². The molecule has 0 aliphatic carbocycles. The van der Waals surface area contributed by atoms with Crippen molar-refractivity contribution in [1.82, 2.24) is 25.0 Å². The number of aliphatic hydroxyl groups is 1. The minimum atomic E-state index is -0.277. The van der Waals surface area contributed by atoms with Gasteiger partial charge in [0.1, 0.15) is 0 Å². The number of nitrogens with zero attached hydrogens (tertiary/aromatic N) is 6. The second-order valence-electron chi connectivity index (χ2n) is 3.96. The van der Waals surface area contributed by atoms with Crippen LogP contribution in [0.2, 0.25) is 0 Å². The van der Waals surface area contributed by atoms with Crippen LogP contribution in [0.1, 0.15) is 12.8 Å². The summed E-state index contributed by atoms with van der Waals surface area (Å²) in [4.78, 5) is 6.16. The number of tetrazole rings is 1. The van der Waals surface area contributed by atoms with Crippen molar-refractivity contribution in [1.29, 1.82) is 0 Å². The lowest BCUT2D eigenvalue weighted by Crippen LogP contribution is -2.39. The van der Waals surface area contributed by atoms with E-state index in [1.165, 1.54) is 0 Å². The number of piperidine rings is 1. The van der Waals surface area contributed by atoms with Crippen LogP contribution in [0, 0.1) is 0 Å². The standard InChI is InChI=1S/C9H12N6O/c16-7-2-1-3-14(6-7)9-5-10-4-8-11-12-13-15(8)9/h4-5,7,16H,1-3,6H2/t7-/m0/s1. The minimum Gasteiger partial charge on any atom is -0.391 e. The molecule has 7 heteroatoms. The summed E-state index contributed by atoms with van der Waals surface area (Å²) in [6, 6.07) is 0. The third kappa shape index (κ3) is 1.49. The molecule has 0 unspecified atom stereocenters. The number of aromatic nitrogens is 5. The molecule has 1 aliphatic heterocycles. The van der Waals surface area contributed by atoms with Gasteiger partial charge in [-0.3, -0.25) is 4.98 Å². The van der Waals surface area contributed by atoms with E-state index < -0.39 is 0 Å².